The number of carboxylic acid groups (broad SMARTS) is 1. The van der Waals surface area contributed by atoms with E-state index in [9.17, 15) is 9.59 Å². The van der Waals surface area contributed by atoms with Crippen molar-refractivity contribution in [2.75, 3.05) is 11.9 Å². The van der Waals surface area contributed by atoms with Gasteiger partial charge in [0.25, 0.3) is 0 Å². The molecule has 2 rings (SSSR count). The first-order valence-corrected chi connectivity index (χ1v) is 7.10. The molecule has 0 saturated carbocycles. The molecule has 1 heterocycles. The van der Waals surface area contributed by atoms with Crippen molar-refractivity contribution in [3.63, 3.8) is 0 Å². The average molecular weight is 317 g/mol. The first-order chi connectivity index (χ1) is 10.9. The molecule has 0 bridgehead atoms. The molecular weight excluding hydrogens is 298 g/mol. The van der Waals surface area contributed by atoms with Gasteiger partial charge in [0.2, 0.25) is 5.91 Å². The van der Waals surface area contributed by atoms with Crippen molar-refractivity contribution < 1.29 is 19.4 Å². The number of amides is 1. The van der Waals surface area contributed by atoms with Gasteiger partial charge in [-0.25, -0.2) is 4.79 Å². The van der Waals surface area contributed by atoms with Gasteiger partial charge in [0.15, 0.2) is 6.61 Å². The first-order valence-electron chi connectivity index (χ1n) is 7.10. The molecule has 0 spiro atoms. The zero-order valence-corrected chi connectivity index (χ0v) is 13.3. The molecule has 1 aromatic heterocycles. The van der Waals surface area contributed by atoms with Crippen LogP contribution in [0.3, 0.4) is 0 Å². The summed E-state index contributed by atoms with van der Waals surface area (Å²) < 4.78 is 6.83. The number of benzene rings is 1. The SMILES string of the molecule is Cc1nn(C)c(C)c1CC(=O)Nc1cccc(OCC(=O)O)c1. The number of carbonyl (C=O) groups excluding carboxylic acids is 1. The summed E-state index contributed by atoms with van der Waals surface area (Å²) in [6, 6.07) is 6.62. The quantitative estimate of drug-likeness (QED) is 0.845. The van der Waals surface area contributed by atoms with Gasteiger partial charge >= 0.3 is 5.97 Å². The first kappa shape index (κ1) is 16.5. The number of aryl methyl sites for hydroxylation is 2. The fourth-order valence-corrected chi connectivity index (χ4v) is 2.25. The number of hydrogen-bond donors (Lipinski definition) is 2. The van der Waals surface area contributed by atoms with Gasteiger partial charge in [-0.1, -0.05) is 6.07 Å². The maximum atomic E-state index is 12.2. The van der Waals surface area contributed by atoms with Crippen LogP contribution in [0, 0.1) is 13.8 Å². The number of rotatable bonds is 6. The van der Waals surface area contributed by atoms with E-state index in [0.29, 0.717) is 11.4 Å². The third-order valence-electron chi connectivity index (χ3n) is 3.48. The largest absolute Gasteiger partial charge is 0.482 e. The minimum Gasteiger partial charge on any atom is -0.482 e. The predicted octanol–water partition coefficient (Wildman–Crippen LogP) is 1.68. The Labute approximate surface area is 133 Å². The van der Waals surface area contributed by atoms with Gasteiger partial charge in [0.1, 0.15) is 5.75 Å². The Hall–Kier alpha value is -2.83. The molecule has 0 radical (unpaired) electrons. The second kappa shape index (κ2) is 6.95. The van der Waals surface area contributed by atoms with E-state index in [-0.39, 0.29) is 12.3 Å². The van der Waals surface area contributed by atoms with Crippen LogP contribution in [0.1, 0.15) is 17.0 Å². The molecule has 7 nitrogen and oxygen atoms in total. The molecule has 0 aliphatic rings. The normalized spacial score (nSPS) is 10.4. The number of anilines is 1. The summed E-state index contributed by atoms with van der Waals surface area (Å²) in [5.74, 6) is -0.833. The van der Waals surface area contributed by atoms with Crippen molar-refractivity contribution in [3.8, 4) is 5.75 Å². The van der Waals surface area contributed by atoms with Crippen LogP contribution in [-0.2, 0) is 23.1 Å². The van der Waals surface area contributed by atoms with Gasteiger partial charge in [-0.15, -0.1) is 0 Å². The van der Waals surface area contributed by atoms with Gasteiger partial charge in [0.05, 0.1) is 12.1 Å². The van der Waals surface area contributed by atoms with Crippen LogP contribution < -0.4 is 10.1 Å². The van der Waals surface area contributed by atoms with Crippen LogP contribution >= 0.6 is 0 Å². The Morgan fingerprint density at radius 2 is 2.09 bits per heavy atom. The highest BCUT2D eigenvalue weighted by molar-refractivity contribution is 5.92. The smallest absolute Gasteiger partial charge is 0.341 e. The van der Waals surface area contributed by atoms with Gasteiger partial charge in [-0.2, -0.15) is 5.10 Å². The van der Waals surface area contributed by atoms with Crippen molar-refractivity contribution >= 4 is 17.6 Å². The number of ether oxygens (including phenoxy) is 1. The molecule has 2 N–H and O–H groups in total. The third kappa shape index (κ3) is 4.32. The Morgan fingerprint density at radius 3 is 2.70 bits per heavy atom. The molecule has 1 amide bonds. The third-order valence-corrected chi connectivity index (χ3v) is 3.48. The summed E-state index contributed by atoms with van der Waals surface area (Å²) in [7, 11) is 1.84. The lowest BCUT2D eigenvalue weighted by molar-refractivity contribution is -0.139. The standard InChI is InChI=1S/C16H19N3O4/c1-10-14(11(2)19(3)18-10)8-15(20)17-12-5-4-6-13(7-12)23-9-16(21)22/h4-7H,8-9H2,1-3H3,(H,17,20)(H,21,22). The monoisotopic (exact) mass is 317 g/mol. The topological polar surface area (TPSA) is 93.5 Å². The number of aliphatic carboxylic acids is 1. The van der Waals surface area contributed by atoms with Crippen molar-refractivity contribution in [2.24, 2.45) is 7.05 Å². The van der Waals surface area contributed by atoms with Gasteiger partial charge < -0.3 is 15.2 Å². The van der Waals surface area contributed by atoms with Gasteiger partial charge in [-0.05, 0) is 26.0 Å². The lowest BCUT2D eigenvalue weighted by Crippen LogP contribution is -2.15. The number of nitrogens with one attached hydrogen (secondary N) is 1. The van der Waals surface area contributed by atoms with Crippen LogP contribution in [0.4, 0.5) is 5.69 Å². The Morgan fingerprint density at radius 1 is 1.35 bits per heavy atom. The lowest BCUT2D eigenvalue weighted by atomic mass is 10.1. The fraction of sp³-hybridized carbons (Fsp3) is 0.312. The molecule has 1 aromatic carbocycles. The lowest BCUT2D eigenvalue weighted by Gasteiger charge is -2.08. The van der Waals surface area contributed by atoms with Gasteiger partial charge in [0, 0.05) is 30.1 Å². The van der Waals surface area contributed by atoms with Crippen LogP contribution in [0.15, 0.2) is 24.3 Å². The van der Waals surface area contributed by atoms with E-state index in [2.05, 4.69) is 10.4 Å². The number of aromatic nitrogens is 2. The number of carbonyl (C=O) groups is 2. The fourth-order valence-electron chi connectivity index (χ4n) is 2.25. The van der Waals surface area contributed by atoms with E-state index in [1.54, 1.807) is 28.9 Å². The Kier molecular flexibility index (Phi) is 5.00. The van der Waals surface area contributed by atoms with Crippen LogP contribution in [0.5, 0.6) is 5.75 Å². The molecule has 0 unspecified atom stereocenters. The number of hydrogen-bond acceptors (Lipinski definition) is 4. The van der Waals surface area contributed by atoms with E-state index < -0.39 is 12.6 Å². The van der Waals surface area contributed by atoms with Crippen molar-refractivity contribution in [2.45, 2.75) is 20.3 Å². The molecule has 0 saturated heterocycles. The summed E-state index contributed by atoms with van der Waals surface area (Å²) in [6.07, 6.45) is 0.228. The second-order valence-corrected chi connectivity index (χ2v) is 5.21. The van der Waals surface area contributed by atoms with Crippen LogP contribution in [-0.4, -0.2) is 33.4 Å². The molecule has 0 aliphatic heterocycles. The molecule has 0 fully saturated rings. The summed E-state index contributed by atoms with van der Waals surface area (Å²) in [6.45, 7) is 3.37. The van der Waals surface area contributed by atoms with Crippen LogP contribution in [0.2, 0.25) is 0 Å². The molecule has 122 valence electrons. The number of carboxylic acids is 1. The van der Waals surface area contributed by atoms with Crippen molar-refractivity contribution in [1.82, 2.24) is 9.78 Å². The molecule has 0 atom stereocenters. The van der Waals surface area contributed by atoms with E-state index >= 15 is 0 Å². The zero-order chi connectivity index (χ0) is 17.0. The molecular formula is C16H19N3O4. The second-order valence-electron chi connectivity index (χ2n) is 5.21. The minimum atomic E-state index is -1.05. The summed E-state index contributed by atoms with van der Waals surface area (Å²) >= 11 is 0. The average Bonchev–Trinajstić information content (AvgIpc) is 2.72. The maximum Gasteiger partial charge on any atom is 0.341 e. The van der Waals surface area contributed by atoms with Crippen molar-refractivity contribution in [1.29, 1.82) is 0 Å². The van der Waals surface area contributed by atoms with E-state index in [4.69, 9.17) is 9.84 Å². The minimum absolute atomic E-state index is 0.167. The zero-order valence-electron chi connectivity index (χ0n) is 13.3. The van der Waals surface area contributed by atoms with E-state index in [0.717, 1.165) is 17.0 Å². The van der Waals surface area contributed by atoms with Crippen LogP contribution in [0.25, 0.3) is 0 Å². The van der Waals surface area contributed by atoms with E-state index in [1.165, 1.54) is 0 Å². The summed E-state index contributed by atoms with van der Waals surface area (Å²) in [5, 5.41) is 15.7. The molecule has 0 aliphatic carbocycles. The number of nitrogens with zero attached hydrogens (tertiary/aromatic N) is 2. The highest BCUT2D eigenvalue weighted by Crippen LogP contribution is 2.18. The summed E-state index contributed by atoms with van der Waals surface area (Å²) in [5.41, 5.74) is 3.25. The van der Waals surface area contributed by atoms with Crippen molar-refractivity contribution in [3.05, 3.63) is 41.2 Å². The summed E-state index contributed by atoms with van der Waals surface area (Å²) in [4.78, 5) is 22.7. The predicted molar refractivity (Wildman–Crippen MR) is 84.6 cm³/mol. The van der Waals surface area contributed by atoms with Gasteiger partial charge in [-0.3, -0.25) is 9.48 Å². The molecule has 7 heteroatoms. The molecule has 23 heavy (non-hydrogen) atoms. The van der Waals surface area contributed by atoms with E-state index in [1.807, 2.05) is 20.9 Å². The maximum absolute atomic E-state index is 12.2. The highest BCUT2D eigenvalue weighted by atomic mass is 16.5. The Bertz CT molecular complexity index is 737. The molecule has 2 aromatic rings. The highest BCUT2D eigenvalue weighted by Gasteiger charge is 2.13. The Balaban J connectivity index is 2.02.